The first kappa shape index (κ1) is 22.4. The third-order valence-corrected chi connectivity index (χ3v) is 7.30. The zero-order valence-corrected chi connectivity index (χ0v) is 20.1. The number of hydrogen-bond donors (Lipinski definition) is 1. The first-order valence-electron chi connectivity index (χ1n) is 12.1. The van der Waals surface area contributed by atoms with Crippen molar-refractivity contribution in [1.82, 2.24) is 0 Å². The molecule has 3 aliphatic heterocycles. The zero-order chi connectivity index (χ0) is 22.5. The van der Waals surface area contributed by atoms with Crippen LogP contribution in [-0.2, 0) is 16.0 Å². The van der Waals surface area contributed by atoms with Crippen molar-refractivity contribution in [2.75, 3.05) is 18.0 Å². The molecule has 1 aromatic carbocycles. The largest absolute Gasteiger partial charge is 0.487 e. The maximum atomic E-state index is 12.1. The number of cyclic esters (lactones) is 1. The quantitative estimate of drug-likeness (QED) is 0.683. The maximum absolute atomic E-state index is 12.1. The van der Waals surface area contributed by atoms with E-state index in [1.165, 1.54) is 47.2 Å². The Labute approximate surface area is 187 Å². The molecule has 1 unspecified atom stereocenters. The molecular weight excluding hydrogens is 390 g/mol. The number of fused-ring (bicyclic) bond motifs is 1. The van der Waals surface area contributed by atoms with Crippen LogP contribution in [-0.4, -0.2) is 42.0 Å². The van der Waals surface area contributed by atoms with Crippen LogP contribution in [0.4, 0.5) is 5.69 Å². The van der Waals surface area contributed by atoms with Gasteiger partial charge < -0.3 is 19.5 Å². The van der Waals surface area contributed by atoms with E-state index in [0.717, 1.165) is 25.3 Å². The average molecular weight is 430 g/mol. The molecule has 31 heavy (non-hydrogen) atoms. The van der Waals surface area contributed by atoms with Crippen molar-refractivity contribution in [3.8, 4) is 5.75 Å². The van der Waals surface area contributed by atoms with Gasteiger partial charge in [0.25, 0.3) is 0 Å². The van der Waals surface area contributed by atoms with Crippen molar-refractivity contribution >= 4 is 11.7 Å². The Morgan fingerprint density at radius 3 is 2.39 bits per heavy atom. The van der Waals surface area contributed by atoms with E-state index in [2.05, 4.69) is 46.4 Å². The van der Waals surface area contributed by atoms with Gasteiger partial charge in [-0.1, -0.05) is 20.8 Å². The van der Waals surface area contributed by atoms with Crippen molar-refractivity contribution in [1.29, 1.82) is 0 Å². The summed E-state index contributed by atoms with van der Waals surface area (Å²) in [4.78, 5) is 14.7. The molecule has 5 heteroatoms. The minimum atomic E-state index is -0.631. The van der Waals surface area contributed by atoms with E-state index in [9.17, 15) is 9.90 Å². The van der Waals surface area contributed by atoms with Gasteiger partial charge in [0.05, 0.1) is 12.5 Å². The van der Waals surface area contributed by atoms with Crippen LogP contribution in [0, 0.1) is 6.92 Å². The summed E-state index contributed by atoms with van der Waals surface area (Å²) in [5.41, 5.74) is 6.30. The number of benzene rings is 1. The summed E-state index contributed by atoms with van der Waals surface area (Å²) in [6, 6.07) is 0. The molecule has 0 bridgehead atoms. The minimum Gasteiger partial charge on any atom is -0.487 e. The molecule has 0 radical (unpaired) electrons. The van der Waals surface area contributed by atoms with E-state index in [0.29, 0.717) is 12.3 Å². The van der Waals surface area contributed by atoms with E-state index >= 15 is 0 Å². The molecule has 5 nitrogen and oxygen atoms in total. The number of esters is 1. The molecule has 4 rings (SSSR count). The Balaban J connectivity index is 1.90. The van der Waals surface area contributed by atoms with Crippen LogP contribution in [0.5, 0.6) is 5.75 Å². The number of ether oxygens (including phenoxy) is 2. The summed E-state index contributed by atoms with van der Waals surface area (Å²) >= 11 is 0. The highest BCUT2D eigenvalue weighted by Gasteiger charge is 2.42. The fraction of sp³-hybridized carbons (Fsp3) is 0.731. The maximum Gasteiger partial charge on any atom is 0.308 e. The van der Waals surface area contributed by atoms with Crippen molar-refractivity contribution in [3.05, 3.63) is 22.3 Å². The van der Waals surface area contributed by atoms with Crippen molar-refractivity contribution in [2.24, 2.45) is 0 Å². The van der Waals surface area contributed by atoms with Gasteiger partial charge >= 0.3 is 5.97 Å². The summed E-state index contributed by atoms with van der Waals surface area (Å²) in [5, 5.41) is 10.3. The lowest BCUT2D eigenvalue weighted by molar-refractivity contribution is -0.161. The predicted molar refractivity (Wildman–Crippen MR) is 123 cm³/mol. The lowest BCUT2D eigenvalue weighted by Gasteiger charge is -2.38. The van der Waals surface area contributed by atoms with Gasteiger partial charge in [0.2, 0.25) is 0 Å². The number of aliphatic hydroxyl groups is 1. The molecule has 3 heterocycles. The van der Waals surface area contributed by atoms with E-state index in [1.54, 1.807) is 0 Å². The van der Waals surface area contributed by atoms with Gasteiger partial charge in [-0.15, -0.1) is 0 Å². The van der Waals surface area contributed by atoms with Crippen LogP contribution in [0.1, 0.15) is 101 Å². The molecule has 1 N–H and O–H groups in total. The Morgan fingerprint density at radius 1 is 1.10 bits per heavy atom. The second-order valence-electron chi connectivity index (χ2n) is 10.8. The molecule has 0 aliphatic carbocycles. The Bertz CT molecular complexity index is 854. The van der Waals surface area contributed by atoms with Crippen molar-refractivity contribution < 1.29 is 19.4 Å². The molecule has 172 valence electrons. The molecule has 0 amide bonds. The highest BCUT2D eigenvalue weighted by Crippen LogP contribution is 2.52. The number of rotatable bonds is 4. The third kappa shape index (κ3) is 4.18. The van der Waals surface area contributed by atoms with Crippen LogP contribution in [0.25, 0.3) is 0 Å². The summed E-state index contributed by atoms with van der Waals surface area (Å²) in [6.07, 6.45) is 4.26. The van der Waals surface area contributed by atoms with Crippen LogP contribution in [0.15, 0.2) is 0 Å². The smallest absolute Gasteiger partial charge is 0.308 e. The number of carbonyl (C=O) groups is 1. The van der Waals surface area contributed by atoms with Crippen molar-refractivity contribution in [3.63, 3.8) is 0 Å². The van der Waals surface area contributed by atoms with Gasteiger partial charge in [-0.05, 0) is 57.1 Å². The minimum absolute atomic E-state index is 0.0388. The topological polar surface area (TPSA) is 59.0 Å². The Hall–Kier alpha value is -1.75. The molecule has 3 atom stereocenters. The van der Waals surface area contributed by atoms with E-state index < -0.39 is 6.10 Å². The van der Waals surface area contributed by atoms with E-state index in [-0.39, 0.29) is 30.0 Å². The fourth-order valence-electron chi connectivity index (χ4n) is 5.86. The number of anilines is 1. The van der Waals surface area contributed by atoms with Crippen LogP contribution < -0.4 is 9.64 Å². The SMILES string of the molecule is Cc1c2c(c(C(C)[C@@H]3C[C@@H](O)CC(=O)O3)c(C(C)C)c1N1CCCCC1)OC(C)(C)C2. The molecule has 2 fully saturated rings. The monoisotopic (exact) mass is 429 g/mol. The van der Waals surface area contributed by atoms with Gasteiger partial charge in [0.15, 0.2) is 0 Å². The summed E-state index contributed by atoms with van der Waals surface area (Å²) in [7, 11) is 0. The van der Waals surface area contributed by atoms with E-state index in [4.69, 9.17) is 9.47 Å². The standard InChI is InChI=1S/C26H39NO4/c1-15(2)22-23(17(4)20-12-18(28)13-21(29)30-20)25-19(14-26(5,6)31-25)16(3)24(22)27-10-8-7-9-11-27/h15,17-18,20,28H,7-14H2,1-6H3/t17?,18-,20+/m1/s1. The molecule has 2 saturated heterocycles. The Morgan fingerprint density at radius 2 is 1.77 bits per heavy atom. The van der Waals surface area contributed by atoms with Crippen molar-refractivity contribution in [2.45, 2.75) is 110 Å². The fourth-order valence-corrected chi connectivity index (χ4v) is 5.86. The molecule has 0 aromatic heterocycles. The Kier molecular flexibility index (Phi) is 6.01. The highest BCUT2D eigenvalue weighted by atomic mass is 16.5. The molecule has 0 saturated carbocycles. The van der Waals surface area contributed by atoms with Gasteiger partial charge in [-0.3, -0.25) is 4.79 Å². The summed E-state index contributed by atoms with van der Waals surface area (Å²) in [6.45, 7) is 15.4. The normalized spacial score (nSPS) is 26.5. The number of piperidine rings is 1. The van der Waals surface area contributed by atoms with Gasteiger partial charge in [-0.2, -0.15) is 0 Å². The van der Waals surface area contributed by atoms with Crippen LogP contribution >= 0.6 is 0 Å². The number of aliphatic hydroxyl groups excluding tert-OH is 1. The molecule has 0 spiro atoms. The molecular formula is C26H39NO4. The second kappa shape index (κ2) is 8.31. The number of carbonyl (C=O) groups excluding carboxylic acids is 1. The van der Waals surface area contributed by atoms with Gasteiger partial charge in [-0.25, -0.2) is 0 Å². The number of nitrogens with zero attached hydrogens (tertiary/aromatic N) is 1. The predicted octanol–water partition coefficient (Wildman–Crippen LogP) is 4.99. The first-order chi connectivity index (χ1) is 14.6. The van der Waals surface area contributed by atoms with Crippen LogP contribution in [0.2, 0.25) is 0 Å². The zero-order valence-electron chi connectivity index (χ0n) is 20.1. The summed E-state index contributed by atoms with van der Waals surface area (Å²) in [5.74, 6) is 0.969. The average Bonchev–Trinajstić information content (AvgIpc) is 3.02. The highest BCUT2D eigenvalue weighted by molar-refractivity contribution is 5.73. The van der Waals surface area contributed by atoms with Crippen LogP contribution in [0.3, 0.4) is 0 Å². The van der Waals surface area contributed by atoms with E-state index in [1.807, 2.05) is 0 Å². The lowest BCUT2D eigenvalue weighted by Crippen LogP contribution is -2.37. The summed E-state index contributed by atoms with van der Waals surface area (Å²) < 4.78 is 12.4. The molecule has 1 aromatic rings. The van der Waals surface area contributed by atoms with Gasteiger partial charge in [0.1, 0.15) is 17.5 Å². The molecule has 3 aliphatic rings. The first-order valence-corrected chi connectivity index (χ1v) is 12.1. The third-order valence-electron chi connectivity index (χ3n) is 7.30. The van der Waals surface area contributed by atoms with Gasteiger partial charge in [0, 0.05) is 48.7 Å². The number of hydrogen-bond acceptors (Lipinski definition) is 5. The lowest BCUT2D eigenvalue weighted by atomic mass is 9.79. The second-order valence-corrected chi connectivity index (χ2v) is 10.8.